The molecule has 2 aliphatic heterocycles. The molecule has 1 aromatic rings. The van der Waals surface area contributed by atoms with Crippen LogP contribution in [0.15, 0.2) is 19.6 Å². The van der Waals surface area contributed by atoms with Crippen LogP contribution in [0, 0.1) is 0 Å². The van der Waals surface area contributed by atoms with E-state index in [9.17, 15) is 10.2 Å². The first-order chi connectivity index (χ1) is 9.40. The predicted octanol–water partition coefficient (Wildman–Crippen LogP) is 0.350. The van der Waals surface area contributed by atoms with Gasteiger partial charge in [0, 0.05) is 0 Å². The number of benzene rings is 1. The van der Waals surface area contributed by atoms with Gasteiger partial charge in [-0.25, -0.2) is 0 Å². The highest BCUT2D eigenvalue weighted by Crippen LogP contribution is 2.63. The number of hydrogen-bond donors (Lipinski definition) is 4. The van der Waals surface area contributed by atoms with Gasteiger partial charge in [-0.15, -0.1) is 0 Å². The Morgan fingerprint density at radius 2 is 0.900 bits per heavy atom. The van der Waals surface area contributed by atoms with Crippen molar-refractivity contribution in [2.75, 3.05) is 28.2 Å². The molecule has 8 heteroatoms. The Morgan fingerprint density at radius 1 is 0.650 bits per heavy atom. The summed E-state index contributed by atoms with van der Waals surface area (Å²) in [5.41, 5.74) is 0. The van der Waals surface area contributed by atoms with E-state index in [0.29, 0.717) is 11.5 Å². The van der Waals surface area contributed by atoms with Crippen LogP contribution in [0.5, 0.6) is 11.5 Å². The van der Waals surface area contributed by atoms with Crippen molar-refractivity contribution in [2.24, 2.45) is 0 Å². The van der Waals surface area contributed by atoms with Crippen LogP contribution in [0.4, 0.5) is 0 Å². The molecule has 0 aromatic heterocycles. The maximum Gasteiger partial charge on any atom is 0.190 e. The lowest BCUT2D eigenvalue weighted by Gasteiger charge is -2.13. The van der Waals surface area contributed by atoms with E-state index >= 15 is 0 Å². The van der Waals surface area contributed by atoms with Gasteiger partial charge < -0.3 is 20.0 Å². The monoisotopic (exact) mass is 350 g/mol. The summed E-state index contributed by atoms with van der Waals surface area (Å²) in [4.78, 5) is 5.98. The van der Waals surface area contributed by atoms with Gasteiger partial charge in [-0.3, -0.25) is 0 Å². The Labute approximate surface area is 135 Å². The second-order valence-electron chi connectivity index (χ2n) is 5.30. The van der Waals surface area contributed by atoms with Crippen LogP contribution >= 0.6 is 47.0 Å². The summed E-state index contributed by atoms with van der Waals surface area (Å²) >= 11 is 6.59. The molecule has 0 radical (unpaired) electrons. The molecule has 1 aromatic carbocycles. The highest BCUT2D eigenvalue weighted by molar-refractivity contribution is 8.20. The Kier molecular flexibility index (Phi) is 4.07. The van der Waals surface area contributed by atoms with Gasteiger partial charge in [0.05, 0.1) is 47.8 Å². The van der Waals surface area contributed by atoms with E-state index in [1.54, 1.807) is 47.0 Å². The van der Waals surface area contributed by atoms with Crippen LogP contribution in [0.3, 0.4) is 0 Å². The molecule has 0 amide bonds. The standard InChI is InChI=1S/C12H16N2O2S4/c1-13(2)11-17-7-5(15)9-10(6(16)8(7)18-11)20-12(19-9)14(3)4/h11-12,15-16H,1-4H3/p+2. The van der Waals surface area contributed by atoms with Gasteiger partial charge in [-0.05, 0) is 47.0 Å². The third-order valence-electron chi connectivity index (χ3n) is 3.12. The first kappa shape index (κ1) is 15.1. The Hall–Kier alpha value is 0.140. The van der Waals surface area contributed by atoms with Crippen molar-refractivity contribution in [1.82, 2.24) is 0 Å². The van der Waals surface area contributed by atoms with E-state index in [4.69, 9.17) is 0 Å². The molecule has 4 nitrogen and oxygen atoms in total. The summed E-state index contributed by atoms with van der Waals surface area (Å²) in [5.74, 6) is 0.714. The van der Waals surface area contributed by atoms with E-state index in [-0.39, 0.29) is 9.41 Å². The highest BCUT2D eigenvalue weighted by atomic mass is 32.2. The third-order valence-corrected chi connectivity index (χ3v) is 9.80. The SMILES string of the molecule is C[NH+](C)C1Sc2c(O)c3c(c(O)c2S1)SC([NH+](C)C)S3. The number of aromatic hydroxyl groups is 2. The molecule has 4 N–H and O–H groups in total. The lowest BCUT2D eigenvalue weighted by molar-refractivity contribution is -0.853. The summed E-state index contributed by atoms with van der Waals surface area (Å²) in [6.07, 6.45) is 0. The minimum Gasteiger partial charge on any atom is -0.505 e. The molecule has 2 aliphatic rings. The van der Waals surface area contributed by atoms with Crippen LogP contribution in [-0.4, -0.2) is 47.8 Å². The fourth-order valence-electron chi connectivity index (χ4n) is 2.02. The number of thioether (sulfide) groups is 4. The van der Waals surface area contributed by atoms with Crippen LogP contribution in [0.2, 0.25) is 0 Å². The van der Waals surface area contributed by atoms with Crippen molar-refractivity contribution >= 4 is 47.0 Å². The zero-order valence-electron chi connectivity index (χ0n) is 11.7. The van der Waals surface area contributed by atoms with Gasteiger partial charge in [-0.2, -0.15) is 0 Å². The number of hydrogen-bond acceptors (Lipinski definition) is 6. The Bertz CT molecular complexity index is 479. The zero-order valence-corrected chi connectivity index (χ0v) is 14.9. The van der Waals surface area contributed by atoms with E-state index in [1.807, 2.05) is 0 Å². The van der Waals surface area contributed by atoms with Crippen molar-refractivity contribution in [3.05, 3.63) is 0 Å². The van der Waals surface area contributed by atoms with Crippen LogP contribution in [0.1, 0.15) is 0 Å². The lowest BCUT2D eigenvalue weighted by Crippen LogP contribution is -3.08. The first-order valence-corrected chi connectivity index (χ1v) is 9.80. The van der Waals surface area contributed by atoms with Crippen molar-refractivity contribution in [3.8, 4) is 11.5 Å². The van der Waals surface area contributed by atoms with Crippen molar-refractivity contribution in [2.45, 2.75) is 29.0 Å². The van der Waals surface area contributed by atoms with Crippen LogP contribution < -0.4 is 9.80 Å². The van der Waals surface area contributed by atoms with Crippen LogP contribution in [-0.2, 0) is 0 Å². The van der Waals surface area contributed by atoms with Crippen molar-refractivity contribution in [1.29, 1.82) is 0 Å². The zero-order chi connectivity index (χ0) is 14.6. The average molecular weight is 351 g/mol. The Morgan fingerprint density at radius 3 is 1.10 bits per heavy atom. The van der Waals surface area contributed by atoms with Gasteiger partial charge >= 0.3 is 0 Å². The second kappa shape index (κ2) is 5.40. The molecule has 3 rings (SSSR count). The molecular formula is C12H18N2O2S4+2. The fraction of sp³-hybridized carbons (Fsp3) is 0.500. The molecule has 0 saturated carbocycles. The van der Waals surface area contributed by atoms with Crippen LogP contribution in [0.25, 0.3) is 0 Å². The molecule has 20 heavy (non-hydrogen) atoms. The van der Waals surface area contributed by atoms with E-state index < -0.39 is 0 Å². The minimum atomic E-state index is 0.287. The number of fused-ring (bicyclic) bond motifs is 2. The molecule has 0 bridgehead atoms. The molecule has 0 spiro atoms. The second-order valence-corrected chi connectivity index (χ2v) is 10.4. The first-order valence-electron chi connectivity index (χ1n) is 6.28. The summed E-state index contributed by atoms with van der Waals surface area (Å²) in [6.45, 7) is 0. The van der Waals surface area contributed by atoms with E-state index in [0.717, 1.165) is 19.6 Å². The maximum atomic E-state index is 10.6. The molecule has 0 unspecified atom stereocenters. The molecule has 2 heterocycles. The number of phenols is 2. The summed E-state index contributed by atoms with van der Waals surface area (Å²) in [6, 6.07) is 0. The quantitative estimate of drug-likeness (QED) is 0.578. The molecule has 0 aliphatic carbocycles. The summed E-state index contributed by atoms with van der Waals surface area (Å²) in [5, 5.41) is 21.1. The normalized spacial score (nSPS) is 19.1. The lowest BCUT2D eigenvalue weighted by atomic mass is 10.3. The van der Waals surface area contributed by atoms with E-state index in [1.165, 1.54) is 9.80 Å². The average Bonchev–Trinajstić information content (AvgIpc) is 3.00. The maximum absolute atomic E-state index is 10.6. The minimum absolute atomic E-state index is 0.287. The predicted molar refractivity (Wildman–Crippen MR) is 86.4 cm³/mol. The number of phenolic OH excluding ortho intramolecular Hbond substituents is 2. The van der Waals surface area contributed by atoms with E-state index in [2.05, 4.69) is 28.2 Å². The summed E-state index contributed by atoms with van der Waals surface area (Å²) in [7, 11) is 8.36. The van der Waals surface area contributed by atoms with Gasteiger partial charge in [-0.1, -0.05) is 0 Å². The number of quaternary nitrogens is 2. The van der Waals surface area contributed by atoms with Gasteiger partial charge in [0.25, 0.3) is 0 Å². The van der Waals surface area contributed by atoms with Crippen molar-refractivity contribution in [3.63, 3.8) is 0 Å². The fourth-order valence-corrected chi connectivity index (χ4v) is 7.74. The molecule has 0 saturated heterocycles. The van der Waals surface area contributed by atoms with Gasteiger partial charge in [0.2, 0.25) is 0 Å². The highest BCUT2D eigenvalue weighted by Gasteiger charge is 2.41. The largest absolute Gasteiger partial charge is 0.505 e. The molecule has 110 valence electrons. The van der Waals surface area contributed by atoms with Gasteiger partial charge in [0.1, 0.15) is 11.5 Å². The molecule has 0 atom stereocenters. The summed E-state index contributed by atoms with van der Waals surface area (Å²) < 4.78 is 0.573. The number of rotatable bonds is 2. The smallest absolute Gasteiger partial charge is 0.190 e. The van der Waals surface area contributed by atoms with Crippen molar-refractivity contribution < 1.29 is 20.0 Å². The van der Waals surface area contributed by atoms with Gasteiger partial charge in [0.15, 0.2) is 9.41 Å². The molecule has 0 fully saturated rings. The topological polar surface area (TPSA) is 49.3 Å². The molecular weight excluding hydrogens is 332 g/mol. The Balaban J connectivity index is 2.03. The number of nitrogens with one attached hydrogen (secondary N) is 2. The third kappa shape index (κ3) is 2.30.